The Bertz CT molecular complexity index is 3140. The van der Waals surface area contributed by atoms with E-state index in [2.05, 4.69) is 229 Å². The minimum Gasteiger partial charge on any atom is -0.455 e. The standard InChI is InChI=1S/C56H37NO/c1-4-14-38(15-5-1)41-24-26-44(27-25-41)47-36-37-52-54(53-50-22-12-10-20-48(50)49-21-11-13-23-51(49)56(53)58-52)55(47)57(45-32-28-42(29-33-45)39-16-6-2-7-17-39)46-34-30-43(31-35-46)40-18-8-3-9-19-40/h1-37H. The zero-order valence-corrected chi connectivity index (χ0v) is 31.7. The number of rotatable bonds is 7. The Morgan fingerprint density at radius 3 is 1.16 bits per heavy atom. The number of hydrogen-bond acceptors (Lipinski definition) is 2. The van der Waals surface area contributed by atoms with Crippen LogP contribution in [0.2, 0.25) is 0 Å². The van der Waals surface area contributed by atoms with Crippen LogP contribution in [0.3, 0.4) is 0 Å². The summed E-state index contributed by atoms with van der Waals surface area (Å²) in [6.07, 6.45) is 0. The van der Waals surface area contributed by atoms with Crippen LogP contribution in [0.5, 0.6) is 0 Å². The molecule has 272 valence electrons. The minimum absolute atomic E-state index is 0.850. The van der Waals surface area contributed by atoms with E-state index in [1.807, 2.05) is 0 Å². The number of nitrogens with zero attached hydrogens (tertiary/aromatic N) is 1. The number of furan rings is 1. The van der Waals surface area contributed by atoms with Crippen molar-refractivity contribution in [2.75, 3.05) is 4.90 Å². The van der Waals surface area contributed by atoms with Crippen molar-refractivity contribution in [2.24, 2.45) is 0 Å². The van der Waals surface area contributed by atoms with Gasteiger partial charge in [0, 0.05) is 27.7 Å². The molecule has 0 saturated heterocycles. The molecule has 58 heavy (non-hydrogen) atoms. The van der Waals surface area contributed by atoms with Crippen LogP contribution >= 0.6 is 0 Å². The quantitative estimate of drug-likeness (QED) is 0.151. The summed E-state index contributed by atoms with van der Waals surface area (Å²) in [5.74, 6) is 0. The summed E-state index contributed by atoms with van der Waals surface area (Å²) < 4.78 is 7.03. The average Bonchev–Trinajstić information content (AvgIpc) is 3.71. The normalized spacial score (nSPS) is 11.4. The second-order valence-electron chi connectivity index (χ2n) is 14.8. The molecule has 0 bridgehead atoms. The Morgan fingerprint density at radius 1 is 0.276 bits per heavy atom. The summed E-state index contributed by atoms with van der Waals surface area (Å²) in [5.41, 5.74) is 14.3. The summed E-state index contributed by atoms with van der Waals surface area (Å²) >= 11 is 0. The van der Waals surface area contributed by atoms with E-state index < -0.39 is 0 Å². The lowest BCUT2D eigenvalue weighted by Gasteiger charge is -2.29. The van der Waals surface area contributed by atoms with Crippen LogP contribution in [-0.2, 0) is 0 Å². The molecule has 11 aromatic rings. The smallest absolute Gasteiger partial charge is 0.143 e. The molecule has 10 aromatic carbocycles. The Labute approximate surface area is 337 Å². The van der Waals surface area contributed by atoms with Crippen molar-refractivity contribution in [3.63, 3.8) is 0 Å². The number of fused-ring (bicyclic) bond motifs is 8. The first-order chi connectivity index (χ1) is 28.8. The molecule has 2 nitrogen and oxygen atoms in total. The maximum absolute atomic E-state index is 7.03. The van der Waals surface area contributed by atoms with Gasteiger partial charge in [0.25, 0.3) is 0 Å². The van der Waals surface area contributed by atoms with Gasteiger partial charge in [-0.1, -0.05) is 188 Å². The number of hydrogen-bond donors (Lipinski definition) is 0. The van der Waals surface area contributed by atoms with Crippen molar-refractivity contribution < 1.29 is 4.42 Å². The van der Waals surface area contributed by atoms with Crippen LogP contribution < -0.4 is 4.90 Å². The van der Waals surface area contributed by atoms with Gasteiger partial charge in [0.1, 0.15) is 11.2 Å². The molecule has 1 heterocycles. The zero-order valence-electron chi connectivity index (χ0n) is 31.7. The monoisotopic (exact) mass is 739 g/mol. The maximum Gasteiger partial charge on any atom is 0.143 e. The average molecular weight is 740 g/mol. The highest BCUT2D eigenvalue weighted by molar-refractivity contribution is 6.33. The summed E-state index contributed by atoms with van der Waals surface area (Å²) in [6, 6.07) is 80.5. The molecule has 0 atom stereocenters. The van der Waals surface area contributed by atoms with Crippen LogP contribution in [-0.4, -0.2) is 0 Å². The Balaban J connectivity index is 1.23. The third kappa shape index (κ3) is 5.74. The van der Waals surface area contributed by atoms with Gasteiger partial charge in [-0.05, 0) is 91.5 Å². The summed E-state index contributed by atoms with van der Waals surface area (Å²) in [6.45, 7) is 0. The summed E-state index contributed by atoms with van der Waals surface area (Å²) in [7, 11) is 0. The molecule has 0 unspecified atom stereocenters. The lowest BCUT2D eigenvalue weighted by atomic mass is 9.93. The first-order valence-corrected chi connectivity index (χ1v) is 19.8. The summed E-state index contributed by atoms with van der Waals surface area (Å²) in [4.78, 5) is 2.44. The molecule has 0 spiro atoms. The molecule has 0 amide bonds. The highest BCUT2D eigenvalue weighted by atomic mass is 16.3. The lowest BCUT2D eigenvalue weighted by molar-refractivity contribution is 0.673. The van der Waals surface area contributed by atoms with Gasteiger partial charge in [-0.25, -0.2) is 0 Å². The van der Waals surface area contributed by atoms with Gasteiger partial charge in [-0.2, -0.15) is 0 Å². The molecule has 0 aliphatic heterocycles. The molecule has 0 saturated carbocycles. The van der Waals surface area contributed by atoms with Gasteiger partial charge in [-0.15, -0.1) is 0 Å². The molecule has 0 fully saturated rings. The molecule has 0 aliphatic rings. The van der Waals surface area contributed by atoms with Crippen molar-refractivity contribution in [3.05, 3.63) is 224 Å². The largest absolute Gasteiger partial charge is 0.455 e. The topological polar surface area (TPSA) is 16.4 Å². The second kappa shape index (κ2) is 14.1. The predicted molar refractivity (Wildman–Crippen MR) is 245 cm³/mol. The number of anilines is 3. The summed E-state index contributed by atoms with van der Waals surface area (Å²) in [5, 5.41) is 6.88. The van der Waals surface area contributed by atoms with Crippen LogP contribution in [0.15, 0.2) is 229 Å². The van der Waals surface area contributed by atoms with Crippen LogP contribution in [0.25, 0.3) is 88.0 Å². The van der Waals surface area contributed by atoms with E-state index in [0.717, 1.165) is 55.5 Å². The fourth-order valence-electron chi connectivity index (χ4n) is 8.68. The second-order valence-corrected chi connectivity index (χ2v) is 14.8. The van der Waals surface area contributed by atoms with Crippen molar-refractivity contribution >= 4 is 60.5 Å². The third-order valence-corrected chi connectivity index (χ3v) is 11.5. The molecule has 0 aliphatic carbocycles. The first kappa shape index (κ1) is 33.6. The van der Waals surface area contributed by atoms with Gasteiger partial charge in [0.05, 0.1) is 11.1 Å². The molecule has 0 radical (unpaired) electrons. The number of benzene rings is 10. The van der Waals surface area contributed by atoms with Gasteiger partial charge in [0.2, 0.25) is 0 Å². The van der Waals surface area contributed by atoms with Gasteiger partial charge in [0.15, 0.2) is 0 Å². The van der Waals surface area contributed by atoms with E-state index in [1.165, 1.54) is 49.5 Å². The highest BCUT2D eigenvalue weighted by Crippen LogP contribution is 2.51. The van der Waals surface area contributed by atoms with E-state index in [9.17, 15) is 0 Å². The first-order valence-electron chi connectivity index (χ1n) is 19.8. The van der Waals surface area contributed by atoms with Crippen LogP contribution in [0.4, 0.5) is 17.1 Å². The molecule has 1 aromatic heterocycles. The van der Waals surface area contributed by atoms with Crippen molar-refractivity contribution in [2.45, 2.75) is 0 Å². The molecular formula is C56H37NO. The Hall–Kier alpha value is -7.68. The van der Waals surface area contributed by atoms with Gasteiger partial charge >= 0.3 is 0 Å². The van der Waals surface area contributed by atoms with E-state index in [4.69, 9.17) is 4.42 Å². The van der Waals surface area contributed by atoms with Crippen LogP contribution in [0.1, 0.15) is 0 Å². The van der Waals surface area contributed by atoms with E-state index in [0.29, 0.717) is 0 Å². The van der Waals surface area contributed by atoms with E-state index >= 15 is 0 Å². The SMILES string of the molecule is c1ccc(-c2ccc(-c3ccc4oc5c6ccccc6c6ccccc6c5c4c3N(c3ccc(-c4ccccc4)cc3)c3ccc(-c4ccccc4)cc3)cc2)cc1. The molecular weight excluding hydrogens is 703 g/mol. The van der Waals surface area contributed by atoms with Crippen molar-refractivity contribution in [1.82, 2.24) is 0 Å². The Morgan fingerprint density at radius 2 is 0.655 bits per heavy atom. The molecule has 0 N–H and O–H groups in total. The molecule has 2 heteroatoms. The van der Waals surface area contributed by atoms with Gasteiger partial charge in [-0.3, -0.25) is 0 Å². The van der Waals surface area contributed by atoms with E-state index in [-0.39, 0.29) is 0 Å². The van der Waals surface area contributed by atoms with Crippen molar-refractivity contribution in [3.8, 4) is 44.5 Å². The predicted octanol–water partition coefficient (Wildman–Crippen LogP) is 16.0. The van der Waals surface area contributed by atoms with Gasteiger partial charge < -0.3 is 9.32 Å². The highest BCUT2D eigenvalue weighted by Gasteiger charge is 2.26. The molecule has 11 rings (SSSR count). The minimum atomic E-state index is 0.850. The third-order valence-electron chi connectivity index (χ3n) is 11.5. The fourth-order valence-corrected chi connectivity index (χ4v) is 8.68. The van der Waals surface area contributed by atoms with Crippen molar-refractivity contribution in [1.29, 1.82) is 0 Å². The van der Waals surface area contributed by atoms with E-state index in [1.54, 1.807) is 0 Å². The maximum atomic E-state index is 7.03. The zero-order chi connectivity index (χ0) is 38.4. The lowest BCUT2D eigenvalue weighted by Crippen LogP contribution is -2.12. The fraction of sp³-hybridized carbons (Fsp3) is 0. The van der Waals surface area contributed by atoms with Crippen LogP contribution in [0, 0.1) is 0 Å². The Kier molecular flexibility index (Phi) is 8.19.